The summed E-state index contributed by atoms with van der Waals surface area (Å²) >= 11 is 0. The zero-order valence-corrected chi connectivity index (χ0v) is 16.0. The number of benzene rings is 2. The molecular formula is C19H14F3N3O7. The van der Waals surface area contributed by atoms with Gasteiger partial charge in [-0.05, 0) is 18.2 Å². The predicted octanol–water partition coefficient (Wildman–Crippen LogP) is 3.09. The molecule has 0 atom stereocenters. The van der Waals surface area contributed by atoms with Gasteiger partial charge < -0.3 is 14.5 Å². The third-order valence-electron chi connectivity index (χ3n) is 4.27. The molecule has 0 unspecified atom stereocenters. The number of rotatable bonds is 7. The monoisotopic (exact) mass is 453 g/mol. The number of nitro benzene ring substituents is 1. The van der Waals surface area contributed by atoms with Gasteiger partial charge in [0.1, 0.15) is 0 Å². The summed E-state index contributed by atoms with van der Waals surface area (Å²) in [4.78, 5) is 45.3. The molecule has 0 fully saturated rings. The van der Waals surface area contributed by atoms with Crippen molar-refractivity contribution in [2.75, 3.05) is 11.9 Å². The van der Waals surface area contributed by atoms with Crippen LogP contribution >= 0.6 is 0 Å². The highest BCUT2D eigenvalue weighted by Crippen LogP contribution is 2.37. The zero-order valence-electron chi connectivity index (χ0n) is 16.0. The lowest BCUT2D eigenvalue weighted by Crippen LogP contribution is -2.24. The van der Waals surface area contributed by atoms with Gasteiger partial charge in [0.25, 0.3) is 11.6 Å². The molecule has 1 N–H and O–H groups in total. The fourth-order valence-electron chi connectivity index (χ4n) is 2.82. The molecule has 0 radical (unpaired) electrons. The number of hydrogen-bond acceptors (Lipinski definition) is 7. The summed E-state index contributed by atoms with van der Waals surface area (Å²) in [5, 5.41) is 12.6. The number of nitrogens with one attached hydrogen (secondary N) is 1. The fraction of sp³-hybridized carbons (Fsp3) is 0.211. The number of nitro groups is 1. The molecule has 0 spiro atoms. The Labute approximate surface area is 176 Å². The van der Waals surface area contributed by atoms with Crippen LogP contribution in [0.25, 0.3) is 11.1 Å². The number of aryl methyl sites for hydroxylation is 1. The highest BCUT2D eigenvalue weighted by atomic mass is 19.4. The van der Waals surface area contributed by atoms with Crippen LogP contribution in [0.5, 0.6) is 0 Å². The topological polar surface area (TPSA) is 134 Å². The number of hydrogen-bond donors (Lipinski definition) is 1. The standard InChI is InChI=1S/C19H14F3N3O7/c20-19(21,22)12-9-11(25(29)30)5-6-13(12)23-16(26)10-31-17(27)7-8-24-14-3-1-2-4-15(14)32-18(24)28/h1-6,9H,7-8,10H2,(H,23,26). The van der Waals surface area contributed by atoms with Crippen LogP contribution in [0.4, 0.5) is 24.5 Å². The summed E-state index contributed by atoms with van der Waals surface area (Å²) in [5.74, 6) is -2.64. The normalized spacial score (nSPS) is 11.3. The molecule has 0 aliphatic rings. The summed E-state index contributed by atoms with van der Waals surface area (Å²) in [6.07, 6.45) is -5.27. The van der Waals surface area contributed by atoms with E-state index in [9.17, 15) is 37.7 Å². The Bertz CT molecular complexity index is 1250. The second-order valence-corrected chi connectivity index (χ2v) is 6.43. The Morgan fingerprint density at radius 2 is 1.91 bits per heavy atom. The Morgan fingerprint density at radius 3 is 2.59 bits per heavy atom. The second-order valence-electron chi connectivity index (χ2n) is 6.43. The summed E-state index contributed by atoms with van der Waals surface area (Å²) in [5.41, 5.74) is -2.16. The third-order valence-corrected chi connectivity index (χ3v) is 4.27. The molecule has 1 heterocycles. The van der Waals surface area contributed by atoms with Gasteiger partial charge in [0, 0.05) is 18.7 Å². The molecule has 0 saturated heterocycles. The van der Waals surface area contributed by atoms with Crippen molar-refractivity contribution in [3.63, 3.8) is 0 Å². The highest BCUT2D eigenvalue weighted by molar-refractivity contribution is 5.93. The third kappa shape index (κ3) is 5.11. The first-order chi connectivity index (χ1) is 15.1. The van der Waals surface area contributed by atoms with Crippen LogP contribution in [0.15, 0.2) is 51.7 Å². The molecule has 3 rings (SSSR count). The van der Waals surface area contributed by atoms with E-state index in [2.05, 4.69) is 0 Å². The SMILES string of the molecule is O=C(COC(=O)CCn1c(=O)oc2ccccc21)Nc1ccc([N+](=O)[O-])cc1C(F)(F)F. The molecule has 3 aromatic rings. The number of oxazole rings is 1. The predicted molar refractivity (Wildman–Crippen MR) is 103 cm³/mol. The fourth-order valence-corrected chi connectivity index (χ4v) is 2.82. The second kappa shape index (κ2) is 8.91. The smallest absolute Gasteiger partial charge is 0.419 e. The molecule has 1 aromatic heterocycles. The number of carbonyl (C=O) groups excluding carboxylic acids is 2. The van der Waals surface area contributed by atoms with Gasteiger partial charge in [0.05, 0.1) is 28.1 Å². The van der Waals surface area contributed by atoms with E-state index in [1.807, 2.05) is 5.32 Å². The summed E-state index contributed by atoms with van der Waals surface area (Å²) < 4.78 is 50.4. The number of non-ortho nitro benzene ring substituents is 1. The number of halogens is 3. The van der Waals surface area contributed by atoms with Gasteiger partial charge in [0.2, 0.25) is 0 Å². The largest absolute Gasteiger partial charge is 0.456 e. The van der Waals surface area contributed by atoms with Crippen molar-refractivity contribution in [3.05, 3.63) is 68.7 Å². The molecule has 13 heteroatoms. The van der Waals surface area contributed by atoms with Crippen LogP contribution in [0, 0.1) is 10.1 Å². The Kier molecular flexibility index (Phi) is 6.27. The number of para-hydroxylation sites is 2. The number of alkyl halides is 3. The maximum absolute atomic E-state index is 13.1. The molecule has 0 aliphatic carbocycles. The average molecular weight is 453 g/mol. The van der Waals surface area contributed by atoms with Gasteiger partial charge >= 0.3 is 17.9 Å². The first kappa shape index (κ1) is 22.5. The van der Waals surface area contributed by atoms with Gasteiger partial charge in [-0.1, -0.05) is 12.1 Å². The summed E-state index contributed by atoms with van der Waals surface area (Å²) in [7, 11) is 0. The Hall–Kier alpha value is -4.16. The zero-order chi connectivity index (χ0) is 23.5. The van der Waals surface area contributed by atoms with E-state index in [0.29, 0.717) is 11.1 Å². The molecule has 0 saturated carbocycles. The number of esters is 1. The van der Waals surface area contributed by atoms with Gasteiger partial charge in [-0.15, -0.1) is 0 Å². The average Bonchev–Trinajstić information content (AvgIpc) is 3.05. The number of nitrogens with zero attached hydrogens (tertiary/aromatic N) is 2. The first-order valence-electron chi connectivity index (χ1n) is 8.96. The summed E-state index contributed by atoms with van der Waals surface area (Å²) in [6.45, 7) is -0.995. The van der Waals surface area contributed by atoms with Gasteiger partial charge in [-0.25, -0.2) is 4.79 Å². The van der Waals surface area contributed by atoms with E-state index in [-0.39, 0.29) is 19.0 Å². The minimum atomic E-state index is -4.97. The van der Waals surface area contributed by atoms with Crippen LogP contribution < -0.4 is 11.1 Å². The molecule has 1 amide bonds. The van der Waals surface area contributed by atoms with Crippen LogP contribution in [0.1, 0.15) is 12.0 Å². The molecule has 10 nitrogen and oxygen atoms in total. The van der Waals surface area contributed by atoms with E-state index < -0.39 is 52.3 Å². The maximum atomic E-state index is 13.1. The van der Waals surface area contributed by atoms with E-state index >= 15 is 0 Å². The molecule has 32 heavy (non-hydrogen) atoms. The van der Waals surface area contributed by atoms with Crippen LogP contribution in [-0.4, -0.2) is 28.0 Å². The first-order valence-corrected chi connectivity index (χ1v) is 8.96. The number of aromatic nitrogens is 1. The van der Waals surface area contributed by atoms with E-state index in [0.717, 1.165) is 12.1 Å². The lowest BCUT2D eigenvalue weighted by Gasteiger charge is -2.13. The highest BCUT2D eigenvalue weighted by Gasteiger charge is 2.35. The molecule has 168 valence electrons. The van der Waals surface area contributed by atoms with Crippen molar-refractivity contribution in [2.24, 2.45) is 0 Å². The lowest BCUT2D eigenvalue weighted by molar-refractivity contribution is -0.385. The van der Waals surface area contributed by atoms with Gasteiger partial charge in [0.15, 0.2) is 12.2 Å². The number of ether oxygens (including phenoxy) is 1. The van der Waals surface area contributed by atoms with Crippen molar-refractivity contribution in [1.82, 2.24) is 4.57 Å². The molecule has 2 aromatic carbocycles. The van der Waals surface area contributed by atoms with Crippen LogP contribution in [0.2, 0.25) is 0 Å². The number of carbonyl (C=O) groups is 2. The van der Waals surface area contributed by atoms with E-state index in [1.54, 1.807) is 24.3 Å². The van der Waals surface area contributed by atoms with Crippen molar-refractivity contribution < 1.29 is 36.8 Å². The maximum Gasteiger partial charge on any atom is 0.419 e. The van der Waals surface area contributed by atoms with Crippen LogP contribution in [-0.2, 0) is 27.0 Å². The Morgan fingerprint density at radius 1 is 1.19 bits per heavy atom. The quantitative estimate of drug-likeness (QED) is 0.330. The number of amides is 1. The van der Waals surface area contributed by atoms with Crippen molar-refractivity contribution in [1.29, 1.82) is 0 Å². The minimum absolute atomic E-state index is 0.100. The van der Waals surface area contributed by atoms with Crippen molar-refractivity contribution in [3.8, 4) is 0 Å². The minimum Gasteiger partial charge on any atom is -0.456 e. The molecule has 0 aliphatic heterocycles. The van der Waals surface area contributed by atoms with Crippen molar-refractivity contribution >= 4 is 34.4 Å². The summed E-state index contributed by atoms with van der Waals surface area (Å²) in [6, 6.07) is 8.34. The lowest BCUT2D eigenvalue weighted by atomic mass is 10.1. The van der Waals surface area contributed by atoms with Gasteiger partial charge in [-0.2, -0.15) is 13.2 Å². The van der Waals surface area contributed by atoms with Gasteiger partial charge in [-0.3, -0.25) is 24.3 Å². The Balaban J connectivity index is 1.59. The van der Waals surface area contributed by atoms with E-state index in [4.69, 9.17) is 9.15 Å². The van der Waals surface area contributed by atoms with Crippen LogP contribution in [0.3, 0.4) is 0 Å². The number of anilines is 1. The number of fused-ring (bicyclic) bond motifs is 1. The van der Waals surface area contributed by atoms with Crippen molar-refractivity contribution in [2.45, 2.75) is 19.1 Å². The molecule has 0 bridgehead atoms. The van der Waals surface area contributed by atoms with E-state index in [1.165, 1.54) is 4.57 Å². The molecular weight excluding hydrogens is 439 g/mol.